The molecule has 19 heavy (non-hydrogen) atoms. The second-order valence-electron chi connectivity index (χ2n) is 4.53. The van der Waals surface area contributed by atoms with Crippen molar-refractivity contribution in [2.24, 2.45) is 5.73 Å². The van der Waals surface area contributed by atoms with Gasteiger partial charge in [0.1, 0.15) is 6.54 Å². The monoisotopic (exact) mass is 253 g/mol. The number of benzene rings is 2. The van der Waals surface area contributed by atoms with E-state index in [9.17, 15) is 4.79 Å². The number of nitrogens with two attached hydrogens (primary N) is 1. The predicted molar refractivity (Wildman–Crippen MR) is 76.4 cm³/mol. The summed E-state index contributed by atoms with van der Waals surface area (Å²) >= 11 is 0. The Kier molecular flexibility index (Phi) is 2.93. The molecule has 96 valence electrons. The first kappa shape index (κ1) is 11.7. The van der Waals surface area contributed by atoms with Gasteiger partial charge < -0.3 is 16.0 Å². The minimum Gasteiger partial charge on any atom is -0.330 e. The molecule has 4 nitrogen and oxygen atoms in total. The summed E-state index contributed by atoms with van der Waals surface area (Å²) in [5.41, 5.74) is 9.57. The maximum Gasteiger partial charge on any atom is 0.244 e. The minimum atomic E-state index is -0.00292. The van der Waals surface area contributed by atoms with Crippen molar-refractivity contribution >= 4 is 23.0 Å². The number of carbonyl (C=O) groups excluding carboxylic acids is 1. The molecule has 0 saturated heterocycles. The van der Waals surface area contributed by atoms with Gasteiger partial charge in [-0.1, -0.05) is 24.3 Å². The lowest BCUT2D eigenvalue weighted by Crippen LogP contribution is -2.35. The molecule has 1 aliphatic heterocycles. The van der Waals surface area contributed by atoms with E-state index in [4.69, 9.17) is 5.73 Å². The van der Waals surface area contributed by atoms with Gasteiger partial charge in [0.05, 0.1) is 11.4 Å². The first-order valence-corrected chi connectivity index (χ1v) is 6.23. The Morgan fingerprint density at radius 2 is 2.00 bits per heavy atom. The van der Waals surface area contributed by atoms with Crippen LogP contribution in [0.3, 0.4) is 0 Å². The molecule has 0 saturated carbocycles. The van der Waals surface area contributed by atoms with Crippen LogP contribution in [0.2, 0.25) is 0 Å². The fraction of sp³-hybridized carbons (Fsp3) is 0.133. The minimum absolute atomic E-state index is 0.00292. The Balaban J connectivity index is 2.07. The maximum absolute atomic E-state index is 11.8. The summed E-state index contributed by atoms with van der Waals surface area (Å²) in [6.45, 7) is 0.820. The fourth-order valence-corrected chi connectivity index (χ4v) is 2.31. The lowest BCUT2D eigenvalue weighted by atomic mass is 10.1. The number of nitrogens with zero attached hydrogens (tertiary/aromatic N) is 1. The lowest BCUT2D eigenvalue weighted by Gasteiger charge is -2.31. The lowest BCUT2D eigenvalue weighted by molar-refractivity contribution is -0.115. The Morgan fingerprint density at radius 1 is 1.16 bits per heavy atom. The topological polar surface area (TPSA) is 58.4 Å². The van der Waals surface area contributed by atoms with Crippen molar-refractivity contribution in [2.45, 2.75) is 6.54 Å². The number of rotatable bonds is 2. The second kappa shape index (κ2) is 4.74. The van der Waals surface area contributed by atoms with Gasteiger partial charge in [-0.3, -0.25) is 4.79 Å². The Labute approximate surface area is 111 Å². The van der Waals surface area contributed by atoms with Gasteiger partial charge >= 0.3 is 0 Å². The van der Waals surface area contributed by atoms with Crippen LogP contribution in [0, 0.1) is 0 Å². The van der Waals surface area contributed by atoms with Crippen LogP contribution >= 0.6 is 0 Å². The van der Waals surface area contributed by atoms with Gasteiger partial charge in [0, 0.05) is 12.2 Å². The average molecular weight is 253 g/mol. The smallest absolute Gasteiger partial charge is 0.244 e. The molecule has 1 heterocycles. The third-order valence-electron chi connectivity index (χ3n) is 3.23. The first-order chi connectivity index (χ1) is 9.28. The molecule has 0 unspecified atom stereocenters. The highest BCUT2D eigenvalue weighted by Crippen LogP contribution is 2.34. The van der Waals surface area contributed by atoms with Gasteiger partial charge in [-0.05, 0) is 29.8 Å². The quantitative estimate of drug-likeness (QED) is 0.863. The van der Waals surface area contributed by atoms with Gasteiger partial charge in [0.2, 0.25) is 5.91 Å². The highest BCUT2D eigenvalue weighted by atomic mass is 16.2. The third-order valence-corrected chi connectivity index (χ3v) is 3.23. The third kappa shape index (κ3) is 2.18. The summed E-state index contributed by atoms with van der Waals surface area (Å²) in [7, 11) is 0. The Morgan fingerprint density at radius 3 is 2.84 bits per heavy atom. The van der Waals surface area contributed by atoms with Crippen LogP contribution in [0.25, 0.3) is 0 Å². The zero-order chi connectivity index (χ0) is 13.2. The molecule has 0 fully saturated rings. The Bertz CT molecular complexity index is 624. The van der Waals surface area contributed by atoms with Gasteiger partial charge in [-0.2, -0.15) is 0 Å². The second-order valence-corrected chi connectivity index (χ2v) is 4.53. The summed E-state index contributed by atoms with van der Waals surface area (Å²) < 4.78 is 0. The number of fused-ring (bicyclic) bond motifs is 1. The molecule has 3 N–H and O–H groups in total. The van der Waals surface area contributed by atoms with Crippen LogP contribution in [0.4, 0.5) is 17.1 Å². The molecule has 0 bridgehead atoms. The molecule has 0 spiro atoms. The number of amides is 1. The summed E-state index contributed by atoms with van der Waals surface area (Å²) in [6, 6.07) is 15.8. The van der Waals surface area contributed by atoms with Crippen molar-refractivity contribution < 1.29 is 4.79 Å². The van der Waals surface area contributed by atoms with Gasteiger partial charge in [-0.15, -0.1) is 0 Å². The highest BCUT2D eigenvalue weighted by Gasteiger charge is 2.22. The summed E-state index contributed by atoms with van der Waals surface area (Å²) in [6.07, 6.45) is 0. The number of hydrogen-bond donors (Lipinski definition) is 2. The van der Waals surface area contributed by atoms with E-state index in [1.165, 1.54) is 0 Å². The molecule has 3 rings (SSSR count). The van der Waals surface area contributed by atoms with Crippen molar-refractivity contribution in [3.63, 3.8) is 0 Å². The van der Waals surface area contributed by atoms with Crippen LogP contribution in [-0.4, -0.2) is 12.5 Å². The van der Waals surface area contributed by atoms with Crippen molar-refractivity contribution in [1.29, 1.82) is 0 Å². The molecule has 0 radical (unpaired) electrons. The molecular weight excluding hydrogens is 238 g/mol. The zero-order valence-electron chi connectivity index (χ0n) is 10.5. The normalized spacial score (nSPS) is 13.9. The number of para-hydroxylation sites is 2. The number of nitrogens with one attached hydrogen (secondary N) is 1. The molecule has 0 aliphatic carbocycles. The molecule has 2 aromatic rings. The molecular formula is C15H15N3O. The maximum atomic E-state index is 11.8. The van der Waals surface area contributed by atoms with Gasteiger partial charge in [0.15, 0.2) is 0 Å². The van der Waals surface area contributed by atoms with Crippen molar-refractivity contribution in [2.75, 3.05) is 16.8 Å². The number of carbonyl (C=O) groups is 1. The van der Waals surface area contributed by atoms with Crippen molar-refractivity contribution in [3.05, 3.63) is 54.1 Å². The van der Waals surface area contributed by atoms with Crippen molar-refractivity contribution in [1.82, 2.24) is 0 Å². The van der Waals surface area contributed by atoms with Crippen LogP contribution in [-0.2, 0) is 11.3 Å². The van der Waals surface area contributed by atoms with Crippen molar-refractivity contribution in [3.8, 4) is 0 Å². The Hall–Kier alpha value is -2.33. The molecule has 4 heteroatoms. The zero-order valence-corrected chi connectivity index (χ0v) is 10.5. The molecule has 0 atom stereocenters. The first-order valence-electron chi connectivity index (χ1n) is 6.23. The van der Waals surface area contributed by atoms with E-state index in [1.54, 1.807) is 0 Å². The average Bonchev–Trinajstić information content (AvgIpc) is 2.46. The molecule has 2 aromatic carbocycles. The van der Waals surface area contributed by atoms with E-state index in [1.807, 2.05) is 53.4 Å². The standard InChI is InChI=1S/C15H15N3O/c16-9-11-4-3-5-12(8-11)18-10-15(19)17-13-6-1-2-7-14(13)18/h1-8H,9-10,16H2,(H,17,19). The van der Waals surface area contributed by atoms with E-state index in [0.717, 1.165) is 22.6 Å². The highest BCUT2D eigenvalue weighted by molar-refractivity contribution is 6.03. The van der Waals surface area contributed by atoms with Crippen LogP contribution in [0.5, 0.6) is 0 Å². The molecule has 1 amide bonds. The molecule has 0 aromatic heterocycles. The van der Waals surface area contributed by atoms with E-state index >= 15 is 0 Å². The summed E-state index contributed by atoms with van der Waals surface area (Å²) in [5, 5.41) is 2.88. The summed E-state index contributed by atoms with van der Waals surface area (Å²) in [4.78, 5) is 13.8. The number of anilines is 3. The van der Waals surface area contributed by atoms with Crippen LogP contribution in [0.1, 0.15) is 5.56 Å². The SMILES string of the molecule is NCc1cccc(N2CC(=O)Nc3ccccc32)c1. The van der Waals surface area contributed by atoms with Gasteiger partial charge in [-0.25, -0.2) is 0 Å². The van der Waals surface area contributed by atoms with E-state index in [-0.39, 0.29) is 5.91 Å². The molecule has 1 aliphatic rings. The van der Waals surface area contributed by atoms with Gasteiger partial charge in [0.25, 0.3) is 0 Å². The fourth-order valence-electron chi connectivity index (χ4n) is 2.31. The van der Waals surface area contributed by atoms with E-state index < -0.39 is 0 Å². The van der Waals surface area contributed by atoms with Crippen LogP contribution < -0.4 is 16.0 Å². The van der Waals surface area contributed by atoms with E-state index in [2.05, 4.69) is 5.32 Å². The van der Waals surface area contributed by atoms with E-state index in [0.29, 0.717) is 13.1 Å². The largest absolute Gasteiger partial charge is 0.330 e. The van der Waals surface area contributed by atoms with Crippen LogP contribution in [0.15, 0.2) is 48.5 Å². The predicted octanol–water partition coefficient (Wildman–Crippen LogP) is 2.24. The summed E-state index contributed by atoms with van der Waals surface area (Å²) in [5.74, 6) is -0.00292. The number of hydrogen-bond acceptors (Lipinski definition) is 3.